The quantitative estimate of drug-likeness (QED) is 0.440. The molecule has 8 nitrogen and oxygen atoms in total. The zero-order chi connectivity index (χ0) is 21.0. The summed E-state index contributed by atoms with van der Waals surface area (Å²) in [6.07, 6.45) is -4.43. The second-order valence-electron chi connectivity index (χ2n) is 5.56. The lowest BCUT2D eigenvalue weighted by molar-refractivity contribution is -0.137. The van der Waals surface area contributed by atoms with Crippen molar-refractivity contribution in [1.29, 1.82) is 0 Å². The highest BCUT2D eigenvalue weighted by Gasteiger charge is 2.30. The Hall–Kier alpha value is -2.93. The van der Waals surface area contributed by atoms with Gasteiger partial charge in [0.15, 0.2) is 10.0 Å². The third-order valence-electron chi connectivity index (χ3n) is 3.31. The molecule has 0 saturated carbocycles. The summed E-state index contributed by atoms with van der Waals surface area (Å²) in [4.78, 5) is 23.9. The first kappa shape index (κ1) is 20.8. The van der Waals surface area contributed by atoms with Gasteiger partial charge in [0.05, 0.1) is 11.3 Å². The molecule has 0 aliphatic carbocycles. The number of rotatable bonds is 6. The van der Waals surface area contributed by atoms with Crippen LogP contribution in [0.1, 0.15) is 21.8 Å². The maximum absolute atomic E-state index is 12.5. The highest BCUT2D eigenvalue weighted by atomic mass is 32.2. The van der Waals surface area contributed by atoms with Crippen LogP contribution in [0.2, 0.25) is 0 Å². The summed E-state index contributed by atoms with van der Waals surface area (Å²) in [5, 5.41) is 16.5. The second kappa shape index (κ2) is 8.61. The fourth-order valence-electron chi connectivity index (χ4n) is 2.02. The van der Waals surface area contributed by atoms with Crippen LogP contribution in [-0.4, -0.2) is 32.9 Å². The first-order valence-corrected chi connectivity index (χ1v) is 9.69. The van der Waals surface area contributed by atoms with Gasteiger partial charge >= 0.3 is 6.18 Å². The summed E-state index contributed by atoms with van der Waals surface area (Å²) in [6.45, 7) is 1.65. The SMILES string of the molecule is Cc1cc(C(=O)Nc2nnc(SCC(=O)Nc3ccc(C(F)(F)F)cc3)s2)no1. The molecule has 0 aliphatic heterocycles. The van der Waals surface area contributed by atoms with Crippen molar-refractivity contribution >= 4 is 45.7 Å². The molecule has 0 saturated heterocycles. The molecule has 0 bridgehead atoms. The number of alkyl halides is 3. The zero-order valence-electron chi connectivity index (χ0n) is 14.6. The number of hydrogen-bond acceptors (Lipinski definition) is 8. The van der Waals surface area contributed by atoms with E-state index in [1.807, 2.05) is 0 Å². The largest absolute Gasteiger partial charge is 0.416 e. The average Bonchev–Trinajstić information content (AvgIpc) is 3.28. The van der Waals surface area contributed by atoms with Crippen LogP contribution >= 0.6 is 23.1 Å². The van der Waals surface area contributed by atoms with Crippen LogP contribution < -0.4 is 10.6 Å². The molecule has 3 aromatic rings. The van der Waals surface area contributed by atoms with Gasteiger partial charge in [0.2, 0.25) is 11.0 Å². The van der Waals surface area contributed by atoms with E-state index in [1.54, 1.807) is 6.92 Å². The maximum Gasteiger partial charge on any atom is 0.416 e. The van der Waals surface area contributed by atoms with Gasteiger partial charge in [-0.1, -0.05) is 28.3 Å². The van der Waals surface area contributed by atoms with Gasteiger partial charge in [0.1, 0.15) is 5.76 Å². The summed E-state index contributed by atoms with van der Waals surface area (Å²) in [6, 6.07) is 5.60. The van der Waals surface area contributed by atoms with E-state index >= 15 is 0 Å². The van der Waals surface area contributed by atoms with Gasteiger partial charge in [0, 0.05) is 11.8 Å². The molecule has 0 atom stereocenters. The van der Waals surface area contributed by atoms with E-state index < -0.39 is 23.6 Å². The Morgan fingerprint density at radius 3 is 2.52 bits per heavy atom. The Morgan fingerprint density at radius 2 is 1.90 bits per heavy atom. The van der Waals surface area contributed by atoms with Crippen molar-refractivity contribution in [3.8, 4) is 0 Å². The predicted octanol–water partition coefficient (Wildman–Crippen LogP) is 3.84. The van der Waals surface area contributed by atoms with Crippen LogP contribution in [0.4, 0.5) is 24.0 Å². The van der Waals surface area contributed by atoms with Crippen molar-refractivity contribution in [2.24, 2.45) is 0 Å². The van der Waals surface area contributed by atoms with Crippen molar-refractivity contribution < 1.29 is 27.3 Å². The van der Waals surface area contributed by atoms with E-state index in [-0.39, 0.29) is 22.3 Å². The second-order valence-corrected chi connectivity index (χ2v) is 7.76. The fourth-order valence-corrected chi connectivity index (χ4v) is 3.57. The number of nitrogens with one attached hydrogen (secondary N) is 2. The maximum atomic E-state index is 12.5. The molecule has 1 aromatic carbocycles. The molecule has 152 valence electrons. The third-order valence-corrected chi connectivity index (χ3v) is 5.28. The molecule has 29 heavy (non-hydrogen) atoms. The molecule has 0 spiro atoms. The molecular formula is C16H12F3N5O3S2. The minimum Gasteiger partial charge on any atom is -0.361 e. The van der Waals surface area contributed by atoms with E-state index in [2.05, 4.69) is 26.0 Å². The Labute approximate surface area is 169 Å². The van der Waals surface area contributed by atoms with E-state index in [0.717, 1.165) is 35.2 Å². The Kier molecular flexibility index (Phi) is 6.17. The first-order valence-electron chi connectivity index (χ1n) is 7.89. The van der Waals surface area contributed by atoms with Crippen molar-refractivity contribution in [1.82, 2.24) is 15.4 Å². The number of hydrogen-bond donors (Lipinski definition) is 2. The fraction of sp³-hybridized carbons (Fsp3) is 0.188. The van der Waals surface area contributed by atoms with E-state index in [4.69, 9.17) is 4.52 Å². The zero-order valence-corrected chi connectivity index (χ0v) is 16.2. The molecule has 2 aromatic heterocycles. The molecule has 2 N–H and O–H groups in total. The summed E-state index contributed by atoms with van der Waals surface area (Å²) >= 11 is 2.13. The van der Waals surface area contributed by atoms with Gasteiger partial charge in [-0.15, -0.1) is 10.2 Å². The molecule has 0 fully saturated rings. The Balaban J connectivity index is 1.49. The molecule has 0 unspecified atom stereocenters. The normalized spacial score (nSPS) is 11.3. The van der Waals surface area contributed by atoms with Gasteiger partial charge in [-0.05, 0) is 31.2 Å². The topological polar surface area (TPSA) is 110 Å². The number of halogens is 3. The van der Waals surface area contributed by atoms with E-state index in [1.165, 1.54) is 18.2 Å². The monoisotopic (exact) mass is 443 g/mol. The molecule has 2 amide bonds. The van der Waals surface area contributed by atoms with E-state index in [9.17, 15) is 22.8 Å². The summed E-state index contributed by atoms with van der Waals surface area (Å²) < 4.78 is 42.8. The average molecular weight is 443 g/mol. The third kappa shape index (κ3) is 5.77. The molecule has 0 aliphatic rings. The van der Waals surface area contributed by atoms with Gasteiger partial charge < -0.3 is 9.84 Å². The van der Waals surface area contributed by atoms with Crippen molar-refractivity contribution in [3.63, 3.8) is 0 Å². The van der Waals surface area contributed by atoms with Crippen molar-refractivity contribution in [3.05, 3.63) is 47.3 Å². The van der Waals surface area contributed by atoms with Crippen LogP contribution in [0.5, 0.6) is 0 Å². The summed E-state index contributed by atoms with van der Waals surface area (Å²) in [7, 11) is 0. The number of thioether (sulfide) groups is 1. The number of aromatic nitrogens is 3. The lowest BCUT2D eigenvalue weighted by Crippen LogP contribution is -2.14. The highest BCUT2D eigenvalue weighted by Crippen LogP contribution is 2.30. The molecule has 3 rings (SSSR count). The number of aryl methyl sites for hydroxylation is 1. The van der Waals surface area contributed by atoms with Crippen molar-refractivity contribution in [2.45, 2.75) is 17.4 Å². The highest BCUT2D eigenvalue weighted by molar-refractivity contribution is 8.01. The predicted molar refractivity (Wildman–Crippen MR) is 99.9 cm³/mol. The Bertz CT molecular complexity index is 1020. The lowest BCUT2D eigenvalue weighted by atomic mass is 10.2. The van der Waals surface area contributed by atoms with Crippen LogP contribution in [0, 0.1) is 6.92 Å². The smallest absolute Gasteiger partial charge is 0.361 e. The van der Waals surface area contributed by atoms with Gasteiger partial charge in [-0.25, -0.2) is 0 Å². The standard InChI is InChI=1S/C16H12F3N5O3S2/c1-8-6-11(24-27-8)13(26)21-14-22-23-15(29-14)28-7-12(25)20-10-4-2-9(3-5-10)16(17,18)19/h2-6H,7H2,1H3,(H,20,25)(H,21,22,26). The number of amides is 2. The van der Waals surface area contributed by atoms with Gasteiger partial charge in [-0.3, -0.25) is 14.9 Å². The minimum atomic E-state index is -4.43. The van der Waals surface area contributed by atoms with Crippen LogP contribution in [0.15, 0.2) is 39.2 Å². The lowest BCUT2D eigenvalue weighted by Gasteiger charge is -2.08. The van der Waals surface area contributed by atoms with Gasteiger partial charge in [0.25, 0.3) is 5.91 Å². The number of carbonyl (C=O) groups is 2. The van der Waals surface area contributed by atoms with Gasteiger partial charge in [-0.2, -0.15) is 13.2 Å². The van der Waals surface area contributed by atoms with Crippen molar-refractivity contribution in [2.75, 3.05) is 16.4 Å². The van der Waals surface area contributed by atoms with Crippen LogP contribution in [0.25, 0.3) is 0 Å². The van der Waals surface area contributed by atoms with E-state index in [0.29, 0.717) is 10.1 Å². The summed E-state index contributed by atoms with van der Waals surface area (Å²) in [5.74, 6) is -0.475. The number of anilines is 2. The first-order chi connectivity index (χ1) is 13.7. The molecular weight excluding hydrogens is 431 g/mol. The number of benzene rings is 1. The van der Waals surface area contributed by atoms with Crippen LogP contribution in [-0.2, 0) is 11.0 Å². The Morgan fingerprint density at radius 1 is 1.17 bits per heavy atom. The summed E-state index contributed by atoms with van der Waals surface area (Å²) in [5.41, 5.74) is -0.450. The molecule has 0 radical (unpaired) electrons. The number of nitrogens with zero attached hydrogens (tertiary/aromatic N) is 3. The number of carbonyl (C=O) groups excluding carboxylic acids is 2. The molecule has 2 heterocycles. The van der Waals surface area contributed by atoms with Crippen LogP contribution in [0.3, 0.4) is 0 Å². The molecule has 13 heteroatoms. The minimum absolute atomic E-state index is 0.0356.